The van der Waals surface area contributed by atoms with Crippen molar-refractivity contribution in [3.05, 3.63) is 147 Å². The van der Waals surface area contributed by atoms with Crippen molar-refractivity contribution in [2.24, 2.45) is 0 Å². The van der Waals surface area contributed by atoms with Gasteiger partial charge in [-0.1, -0.05) is 97.1 Å². The van der Waals surface area contributed by atoms with Crippen LogP contribution >= 0.6 is 0 Å². The molecule has 4 aromatic carbocycles. The van der Waals surface area contributed by atoms with Gasteiger partial charge in [0, 0.05) is 43.2 Å². The summed E-state index contributed by atoms with van der Waals surface area (Å²) in [6.07, 6.45) is 0.841. The molecule has 4 aromatic rings. The van der Waals surface area contributed by atoms with Crippen LogP contribution in [0.15, 0.2) is 109 Å². The average Bonchev–Trinajstić information content (AvgIpc) is 3.00. The lowest BCUT2D eigenvalue weighted by atomic mass is 10.0. The highest BCUT2D eigenvalue weighted by atomic mass is 16.6. The van der Waals surface area contributed by atoms with Crippen LogP contribution < -0.4 is 0 Å². The van der Waals surface area contributed by atoms with Crippen molar-refractivity contribution in [2.45, 2.75) is 39.3 Å². The zero-order valence-corrected chi connectivity index (χ0v) is 23.5. The van der Waals surface area contributed by atoms with E-state index in [2.05, 4.69) is 0 Å². The second kappa shape index (κ2) is 14.0. The van der Waals surface area contributed by atoms with Crippen LogP contribution in [0.2, 0.25) is 0 Å². The third kappa shape index (κ3) is 7.88. The van der Waals surface area contributed by atoms with Crippen molar-refractivity contribution >= 4 is 17.5 Å². The fourth-order valence-corrected chi connectivity index (χ4v) is 4.87. The SMILES string of the molecule is Cc1ccc(C(=O)N(CCC(=O)N(CCc2ccccc2)Cc2ccccc2)C(C)c2ccccc2)cc1[N+](=O)[O-]. The largest absolute Gasteiger partial charge is 0.338 e. The number of amides is 2. The Kier molecular flexibility index (Phi) is 9.99. The second-order valence-corrected chi connectivity index (χ2v) is 10.1. The van der Waals surface area contributed by atoms with Crippen molar-refractivity contribution in [2.75, 3.05) is 13.1 Å². The number of aryl methyl sites for hydroxylation is 1. The number of carbonyl (C=O) groups is 2. The molecule has 0 spiro atoms. The first-order chi connectivity index (χ1) is 19.8. The normalized spacial score (nSPS) is 11.5. The Bertz CT molecular complexity index is 1460. The standard InChI is InChI=1S/C34H35N3O4/c1-26-18-19-31(24-32(26)37(40)41)34(39)36(27(2)30-16-10-5-11-17-30)23-21-33(38)35(25-29-14-8-4-9-15-29)22-20-28-12-6-3-7-13-28/h3-19,24,27H,20-23,25H2,1-2H3. The topological polar surface area (TPSA) is 83.8 Å². The van der Waals surface area contributed by atoms with Gasteiger partial charge >= 0.3 is 0 Å². The fraction of sp³-hybridized carbons (Fsp3) is 0.235. The van der Waals surface area contributed by atoms with E-state index in [-0.39, 0.29) is 42.1 Å². The molecule has 0 saturated heterocycles. The number of hydrogen-bond acceptors (Lipinski definition) is 4. The van der Waals surface area contributed by atoms with E-state index in [1.54, 1.807) is 24.0 Å². The van der Waals surface area contributed by atoms with Gasteiger partial charge in [0.2, 0.25) is 5.91 Å². The molecule has 1 unspecified atom stereocenters. The van der Waals surface area contributed by atoms with Crippen LogP contribution in [-0.2, 0) is 17.8 Å². The number of nitro groups is 1. The molecule has 0 fully saturated rings. The monoisotopic (exact) mass is 549 g/mol. The zero-order valence-electron chi connectivity index (χ0n) is 23.5. The van der Waals surface area contributed by atoms with Gasteiger partial charge in [0.1, 0.15) is 0 Å². The molecule has 0 bridgehead atoms. The van der Waals surface area contributed by atoms with Crippen LogP contribution in [0.3, 0.4) is 0 Å². The van der Waals surface area contributed by atoms with Crippen LogP contribution in [0.5, 0.6) is 0 Å². The minimum absolute atomic E-state index is 0.0577. The van der Waals surface area contributed by atoms with Gasteiger partial charge in [-0.2, -0.15) is 0 Å². The van der Waals surface area contributed by atoms with Crippen molar-refractivity contribution in [3.63, 3.8) is 0 Å². The van der Waals surface area contributed by atoms with Gasteiger partial charge in [0.25, 0.3) is 11.6 Å². The van der Waals surface area contributed by atoms with Crippen molar-refractivity contribution in [1.82, 2.24) is 9.80 Å². The summed E-state index contributed by atoms with van der Waals surface area (Å²) in [5.41, 5.74) is 3.71. The minimum atomic E-state index is -0.477. The van der Waals surface area contributed by atoms with E-state index in [9.17, 15) is 19.7 Å². The molecule has 0 N–H and O–H groups in total. The van der Waals surface area contributed by atoms with E-state index in [4.69, 9.17) is 0 Å². The highest BCUT2D eigenvalue weighted by Crippen LogP contribution is 2.26. The van der Waals surface area contributed by atoms with E-state index in [1.165, 1.54) is 6.07 Å². The number of nitro benzene ring substituents is 1. The summed E-state index contributed by atoms with van der Waals surface area (Å²) in [7, 11) is 0. The Hall–Kier alpha value is -4.78. The maximum atomic E-state index is 13.8. The van der Waals surface area contributed by atoms with Crippen molar-refractivity contribution in [1.29, 1.82) is 0 Å². The smallest absolute Gasteiger partial charge is 0.273 e. The summed E-state index contributed by atoms with van der Waals surface area (Å²) in [6.45, 7) is 4.75. The minimum Gasteiger partial charge on any atom is -0.338 e. The number of benzene rings is 4. The first-order valence-electron chi connectivity index (χ1n) is 13.8. The van der Waals surface area contributed by atoms with Gasteiger partial charge in [-0.25, -0.2) is 0 Å². The number of carbonyl (C=O) groups excluding carboxylic acids is 2. The second-order valence-electron chi connectivity index (χ2n) is 10.1. The van der Waals surface area contributed by atoms with Crippen LogP contribution in [-0.4, -0.2) is 39.6 Å². The predicted molar refractivity (Wildman–Crippen MR) is 160 cm³/mol. The van der Waals surface area contributed by atoms with Crippen LogP contribution in [0.4, 0.5) is 5.69 Å². The molecule has 0 radical (unpaired) electrons. The summed E-state index contributed by atoms with van der Waals surface area (Å²) in [5.74, 6) is -0.408. The molecule has 41 heavy (non-hydrogen) atoms. The van der Waals surface area contributed by atoms with Crippen LogP contribution in [0, 0.1) is 17.0 Å². The predicted octanol–water partition coefficient (Wildman–Crippen LogP) is 6.77. The highest BCUT2D eigenvalue weighted by Gasteiger charge is 2.26. The Labute approximate surface area is 241 Å². The van der Waals surface area contributed by atoms with Gasteiger partial charge in [0.15, 0.2) is 0 Å². The molecule has 4 rings (SSSR count). The van der Waals surface area contributed by atoms with E-state index in [1.807, 2.05) is 103 Å². The Morgan fingerprint density at radius 3 is 2.00 bits per heavy atom. The summed E-state index contributed by atoms with van der Waals surface area (Å²) < 4.78 is 0. The van der Waals surface area contributed by atoms with E-state index in [0.717, 1.165) is 23.1 Å². The lowest BCUT2D eigenvalue weighted by molar-refractivity contribution is -0.385. The van der Waals surface area contributed by atoms with E-state index >= 15 is 0 Å². The first-order valence-corrected chi connectivity index (χ1v) is 13.8. The van der Waals surface area contributed by atoms with Crippen LogP contribution in [0.1, 0.15) is 52.0 Å². The third-order valence-corrected chi connectivity index (χ3v) is 7.31. The van der Waals surface area contributed by atoms with Gasteiger partial charge in [-0.05, 0) is 43.0 Å². The molecule has 0 aromatic heterocycles. The average molecular weight is 550 g/mol. The molecule has 1 atom stereocenters. The Morgan fingerprint density at radius 2 is 1.39 bits per heavy atom. The summed E-state index contributed by atoms with van der Waals surface area (Å²) in [5, 5.41) is 11.6. The highest BCUT2D eigenvalue weighted by molar-refractivity contribution is 5.95. The lowest BCUT2D eigenvalue weighted by Crippen LogP contribution is -2.39. The molecule has 0 heterocycles. The summed E-state index contributed by atoms with van der Waals surface area (Å²) >= 11 is 0. The summed E-state index contributed by atoms with van der Waals surface area (Å²) in [4.78, 5) is 42.0. The number of rotatable bonds is 12. The van der Waals surface area contributed by atoms with Gasteiger partial charge in [-0.15, -0.1) is 0 Å². The molecule has 0 saturated carbocycles. The van der Waals surface area contributed by atoms with E-state index in [0.29, 0.717) is 18.7 Å². The van der Waals surface area contributed by atoms with Crippen molar-refractivity contribution in [3.8, 4) is 0 Å². The number of nitrogens with zero attached hydrogens (tertiary/aromatic N) is 3. The van der Waals surface area contributed by atoms with Gasteiger partial charge in [-0.3, -0.25) is 19.7 Å². The zero-order chi connectivity index (χ0) is 29.2. The Morgan fingerprint density at radius 1 is 0.805 bits per heavy atom. The van der Waals surface area contributed by atoms with Crippen molar-refractivity contribution < 1.29 is 14.5 Å². The molecule has 7 nitrogen and oxygen atoms in total. The molecule has 2 amide bonds. The quantitative estimate of drug-likeness (QED) is 0.144. The molecule has 7 heteroatoms. The maximum Gasteiger partial charge on any atom is 0.273 e. The molecule has 0 aliphatic carbocycles. The molecular formula is C34H35N3O4. The van der Waals surface area contributed by atoms with Crippen LogP contribution in [0.25, 0.3) is 0 Å². The maximum absolute atomic E-state index is 13.8. The first kappa shape index (κ1) is 29.2. The fourth-order valence-electron chi connectivity index (χ4n) is 4.87. The van der Waals surface area contributed by atoms with Gasteiger partial charge < -0.3 is 9.80 Å². The molecule has 0 aliphatic heterocycles. The third-order valence-electron chi connectivity index (χ3n) is 7.31. The van der Waals surface area contributed by atoms with E-state index < -0.39 is 4.92 Å². The molecule has 0 aliphatic rings. The summed E-state index contributed by atoms with van der Waals surface area (Å²) in [6, 6.07) is 33.7. The lowest BCUT2D eigenvalue weighted by Gasteiger charge is -2.31. The Balaban J connectivity index is 1.56. The number of hydrogen-bond donors (Lipinski definition) is 0. The van der Waals surface area contributed by atoms with Gasteiger partial charge in [0.05, 0.1) is 11.0 Å². The molecular weight excluding hydrogens is 514 g/mol. The molecule has 210 valence electrons.